The maximum atomic E-state index is 12.6. The molecule has 0 fully saturated rings. The van der Waals surface area contributed by atoms with Gasteiger partial charge in [0.2, 0.25) is 0 Å². The molecule has 0 saturated carbocycles. The first-order valence-corrected chi connectivity index (χ1v) is 9.38. The van der Waals surface area contributed by atoms with Crippen molar-refractivity contribution in [3.63, 3.8) is 0 Å². The zero-order valence-electron chi connectivity index (χ0n) is 12.2. The van der Waals surface area contributed by atoms with Gasteiger partial charge in [-0.3, -0.25) is 9.10 Å². The Hall–Kier alpha value is -2.12. The van der Waals surface area contributed by atoms with Crippen LogP contribution in [0.4, 0.5) is 5.69 Å². The molecule has 4 rings (SSSR count). The lowest BCUT2D eigenvalue weighted by molar-refractivity contribution is -0.118. The van der Waals surface area contributed by atoms with Gasteiger partial charge < -0.3 is 4.74 Å². The molecule has 1 unspecified atom stereocenters. The van der Waals surface area contributed by atoms with Gasteiger partial charge in [-0.25, -0.2) is 8.42 Å². The summed E-state index contributed by atoms with van der Waals surface area (Å²) in [4.78, 5) is 13.0. The number of hydrogen-bond acceptors (Lipinski definition) is 5. The predicted molar refractivity (Wildman–Crippen MR) is 88.5 cm³/mol. The Balaban J connectivity index is 1.89. The monoisotopic (exact) mass is 347 g/mol. The molecule has 0 saturated heterocycles. The van der Waals surface area contributed by atoms with Crippen molar-refractivity contribution in [1.82, 2.24) is 0 Å². The summed E-state index contributed by atoms with van der Waals surface area (Å²) in [6.07, 6.45) is -0.438. The second-order valence-electron chi connectivity index (χ2n) is 5.41. The van der Waals surface area contributed by atoms with E-state index in [1.54, 1.807) is 11.4 Å². The van der Waals surface area contributed by atoms with Crippen LogP contribution in [0.5, 0.6) is 0 Å². The van der Waals surface area contributed by atoms with E-state index >= 15 is 0 Å². The number of benzene rings is 1. The third kappa shape index (κ3) is 2.04. The standard InChI is InChI=1S/C16H13NO4S2/c1-17-11-7-8-22-15(11)14-16(23(17,19)20)12(18)9-13(21-14)10-5-3-2-4-6-10/h2-8,13H,9H2,1H3. The van der Waals surface area contributed by atoms with Crippen LogP contribution in [0.25, 0.3) is 5.76 Å². The maximum absolute atomic E-state index is 12.6. The minimum atomic E-state index is -3.86. The fraction of sp³-hybridized carbons (Fsp3) is 0.188. The molecule has 0 amide bonds. The quantitative estimate of drug-likeness (QED) is 0.796. The van der Waals surface area contributed by atoms with E-state index in [-0.39, 0.29) is 17.1 Å². The van der Waals surface area contributed by atoms with Gasteiger partial charge in [-0.05, 0) is 17.0 Å². The fourth-order valence-corrected chi connectivity index (χ4v) is 5.36. The maximum Gasteiger partial charge on any atom is 0.271 e. The van der Waals surface area contributed by atoms with Gasteiger partial charge in [0.25, 0.3) is 10.0 Å². The zero-order chi connectivity index (χ0) is 16.2. The highest BCUT2D eigenvalue weighted by Crippen LogP contribution is 2.47. The number of allylic oxidation sites excluding steroid dienone is 1. The van der Waals surface area contributed by atoms with E-state index in [2.05, 4.69) is 0 Å². The number of Topliss-reactive ketones (excluding diaryl/α,β-unsaturated/α-hetero) is 1. The number of anilines is 1. The molecule has 2 aliphatic heterocycles. The van der Waals surface area contributed by atoms with Crippen LogP contribution in [0.2, 0.25) is 0 Å². The molecule has 1 aromatic heterocycles. The number of hydrogen-bond donors (Lipinski definition) is 0. The van der Waals surface area contributed by atoms with Gasteiger partial charge >= 0.3 is 0 Å². The molecule has 0 spiro atoms. The van der Waals surface area contributed by atoms with Crippen molar-refractivity contribution in [3.05, 3.63) is 57.1 Å². The van der Waals surface area contributed by atoms with Crippen LogP contribution in [0, 0.1) is 0 Å². The van der Waals surface area contributed by atoms with E-state index in [1.165, 1.54) is 18.4 Å². The first-order valence-electron chi connectivity index (χ1n) is 7.06. The number of ether oxygens (including phenoxy) is 1. The summed E-state index contributed by atoms with van der Waals surface area (Å²) in [6.45, 7) is 0. The lowest BCUT2D eigenvalue weighted by Crippen LogP contribution is -2.37. The summed E-state index contributed by atoms with van der Waals surface area (Å²) >= 11 is 1.37. The number of rotatable bonds is 1. The smallest absolute Gasteiger partial charge is 0.271 e. The summed E-state index contributed by atoms with van der Waals surface area (Å²) in [5.74, 6) is -0.204. The van der Waals surface area contributed by atoms with Crippen molar-refractivity contribution in [2.45, 2.75) is 12.5 Å². The highest BCUT2D eigenvalue weighted by atomic mass is 32.2. The van der Waals surface area contributed by atoms with Gasteiger partial charge in [0, 0.05) is 7.05 Å². The van der Waals surface area contributed by atoms with Crippen LogP contribution in [0.3, 0.4) is 0 Å². The Labute approximate surface area is 137 Å². The average Bonchev–Trinajstić information content (AvgIpc) is 3.02. The number of carbonyl (C=O) groups excluding carboxylic acids is 1. The minimum Gasteiger partial charge on any atom is -0.482 e. The second-order valence-corrected chi connectivity index (χ2v) is 8.23. The molecular weight excluding hydrogens is 334 g/mol. The Morgan fingerprint density at radius 3 is 2.70 bits per heavy atom. The second kappa shape index (κ2) is 4.94. The summed E-state index contributed by atoms with van der Waals surface area (Å²) in [5, 5.41) is 1.80. The van der Waals surface area contributed by atoms with E-state index in [4.69, 9.17) is 4.74 Å². The van der Waals surface area contributed by atoms with Crippen molar-refractivity contribution < 1.29 is 17.9 Å². The fourth-order valence-electron chi connectivity index (χ4n) is 2.88. The molecule has 23 heavy (non-hydrogen) atoms. The molecule has 118 valence electrons. The van der Waals surface area contributed by atoms with Gasteiger partial charge in [-0.2, -0.15) is 0 Å². The number of nitrogens with zero attached hydrogens (tertiary/aromatic N) is 1. The SMILES string of the molecule is CN1c2ccsc2C2=C(C(=O)CC(c3ccccc3)O2)S1(=O)=O. The molecule has 7 heteroatoms. The van der Waals surface area contributed by atoms with Gasteiger partial charge in [0.1, 0.15) is 6.10 Å². The molecule has 2 aromatic rings. The topological polar surface area (TPSA) is 63.7 Å². The summed E-state index contributed by atoms with van der Waals surface area (Å²) in [6, 6.07) is 11.1. The number of fused-ring (bicyclic) bond motifs is 2. The number of carbonyl (C=O) groups is 1. The Kier molecular flexibility index (Phi) is 3.11. The largest absolute Gasteiger partial charge is 0.482 e. The lowest BCUT2D eigenvalue weighted by Gasteiger charge is -2.33. The summed E-state index contributed by atoms with van der Waals surface area (Å²) in [7, 11) is -2.40. The molecule has 0 aliphatic carbocycles. The van der Waals surface area contributed by atoms with E-state index in [1.807, 2.05) is 30.3 Å². The number of sulfonamides is 1. The van der Waals surface area contributed by atoms with Gasteiger partial charge in [0.15, 0.2) is 16.4 Å². The normalized spacial score (nSPS) is 22.4. The first kappa shape index (κ1) is 14.5. The van der Waals surface area contributed by atoms with E-state index in [0.717, 1.165) is 9.87 Å². The summed E-state index contributed by atoms with van der Waals surface area (Å²) in [5.41, 5.74) is 1.41. The van der Waals surface area contributed by atoms with Crippen LogP contribution in [0.15, 0.2) is 46.7 Å². The number of thiophene rings is 1. The van der Waals surface area contributed by atoms with Gasteiger partial charge in [-0.15, -0.1) is 11.3 Å². The molecule has 3 heterocycles. The third-order valence-corrected chi connectivity index (χ3v) is 6.82. The van der Waals surface area contributed by atoms with Crippen molar-refractivity contribution >= 4 is 38.6 Å². The minimum absolute atomic E-state index is 0.0244. The van der Waals surface area contributed by atoms with Crippen molar-refractivity contribution in [1.29, 1.82) is 0 Å². The highest BCUT2D eigenvalue weighted by Gasteiger charge is 2.45. The van der Waals surface area contributed by atoms with Crippen LogP contribution in [-0.4, -0.2) is 21.2 Å². The van der Waals surface area contributed by atoms with Crippen LogP contribution >= 0.6 is 11.3 Å². The zero-order valence-corrected chi connectivity index (χ0v) is 13.9. The number of ketones is 1. The molecule has 1 atom stereocenters. The molecule has 2 aliphatic rings. The van der Waals surface area contributed by atoms with Crippen molar-refractivity contribution in [2.75, 3.05) is 11.4 Å². The highest BCUT2D eigenvalue weighted by molar-refractivity contribution is 7.97. The Bertz CT molecular complexity index is 928. The summed E-state index contributed by atoms with van der Waals surface area (Å²) < 4.78 is 32.4. The average molecular weight is 347 g/mol. The Morgan fingerprint density at radius 1 is 1.22 bits per heavy atom. The molecule has 0 bridgehead atoms. The molecular formula is C16H13NO4S2. The molecule has 5 nitrogen and oxygen atoms in total. The Morgan fingerprint density at radius 2 is 1.96 bits per heavy atom. The van der Waals surface area contributed by atoms with Crippen LogP contribution in [-0.2, 0) is 19.6 Å². The van der Waals surface area contributed by atoms with Gasteiger partial charge in [0.05, 0.1) is 17.0 Å². The molecule has 1 aromatic carbocycles. The lowest BCUT2D eigenvalue weighted by atomic mass is 10.0. The van der Waals surface area contributed by atoms with Crippen LogP contribution in [0.1, 0.15) is 23.0 Å². The van der Waals surface area contributed by atoms with Gasteiger partial charge in [-0.1, -0.05) is 30.3 Å². The van der Waals surface area contributed by atoms with Crippen molar-refractivity contribution in [3.8, 4) is 0 Å². The van der Waals surface area contributed by atoms with E-state index in [9.17, 15) is 13.2 Å². The van der Waals surface area contributed by atoms with Crippen molar-refractivity contribution in [2.24, 2.45) is 0 Å². The van der Waals surface area contributed by atoms with Crippen LogP contribution < -0.4 is 4.31 Å². The molecule has 0 N–H and O–H groups in total. The third-order valence-electron chi connectivity index (χ3n) is 4.07. The van der Waals surface area contributed by atoms with E-state index < -0.39 is 21.9 Å². The van der Waals surface area contributed by atoms with E-state index in [0.29, 0.717) is 10.6 Å². The predicted octanol–water partition coefficient (Wildman–Crippen LogP) is 2.93. The first-order chi connectivity index (χ1) is 11.0. The molecule has 0 radical (unpaired) electrons.